The monoisotopic (exact) mass is 276 g/mol. The fraction of sp³-hybridized carbons (Fsp3) is 0.611. The van der Waals surface area contributed by atoms with E-state index in [0.29, 0.717) is 18.4 Å². The van der Waals surface area contributed by atoms with E-state index in [0.717, 1.165) is 12.8 Å². The molecular weight excluding hydrogens is 248 g/mol. The minimum Gasteiger partial charge on any atom is -0.465 e. The summed E-state index contributed by atoms with van der Waals surface area (Å²) >= 11 is 0. The molecule has 0 amide bonds. The van der Waals surface area contributed by atoms with Gasteiger partial charge in [0.25, 0.3) is 0 Å². The van der Waals surface area contributed by atoms with Crippen LogP contribution < -0.4 is 0 Å². The normalized spacial score (nSPS) is 13.3. The lowest BCUT2D eigenvalue weighted by Crippen LogP contribution is -2.26. The second kappa shape index (κ2) is 7.47. The first-order valence-electron chi connectivity index (χ1n) is 7.50. The summed E-state index contributed by atoms with van der Waals surface area (Å²) in [5.41, 5.74) is 0.889. The van der Waals surface area contributed by atoms with E-state index in [1.54, 1.807) is 0 Å². The lowest BCUT2D eigenvalue weighted by atomic mass is 9.91. The van der Waals surface area contributed by atoms with Crippen molar-refractivity contribution >= 4 is 5.97 Å². The van der Waals surface area contributed by atoms with Crippen LogP contribution in [-0.4, -0.2) is 12.6 Å². The van der Waals surface area contributed by atoms with Gasteiger partial charge in [0.05, 0.1) is 12.0 Å². The molecule has 0 aliphatic heterocycles. The zero-order valence-electron chi connectivity index (χ0n) is 13.5. The molecule has 1 atom stereocenters. The summed E-state index contributed by atoms with van der Waals surface area (Å²) in [6.07, 6.45) is 2.04. The van der Waals surface area contributed by atoms with Crippen LogP contribution in [-0.2, 0) is 16.0 Å². The van der Waals surface area contributed by atoms with Crippen LogP contribution in [0.5, 0.6) is 0 Å². The highest BCUT2D eigenvalue weighted by Gasteiger charge is 2.24. The molecule has 112 valence electrons. The molecule has 0 aliphatic carbocycles. The topological polar surface area (TPSA) is 26.3 Å². The number of rotatable bonds is 6. The Labute approximate surface area is 123 Å². The minimum absolute atomic E-state index is 0.112. The Morgan fingerprint density at radius 3 is 2.25 bits per heavy atom. The Balaban J connectivity index is 2.59. The van der Waals surface area contributed by atoms with Gasteiger partial charge in [-0.2, -0.15) is 0 Å². The largest absolute Gasteiger partial charge is 0.465 e. The van der Waals surface area contributed by atoms with Crippen LogP contribution in [0.3, 0.4) is 0 Å². The van der Waals surface area contributed by atoms with Gasteiger partial charge in [-0.1, -0.05) is 44.2 Å². The third-order valence-corrected chi connectivity index (χ3v) is 3.23. The zero-order chi connectivity index (χ0) is 15.2. The second-order valence-electron chi connectivity index (χ2n) is 7.03. The Bertz CT molecular complexity index is 401. The molecule has 0 N–H and O–H groups in total. The maximum absolute atomic E-state index is 11.9. The molecule has 0 saturated heterocycles. The highest BCUT2D eigenvalue weighted by Crippen LogP contribution is 2.20. The molecular formula is C18H28O2. The van der Waals surface area contributed by atoms with Gasteiger partial charge in [-0.05, 0) is 51.0 Å². The molecule has 20 heavy (non-hydrogen) atoms. The van der Waals surface area contributed by atoms with E-state index in [4.69, 9.17) is 4.74 Å². The van der Waals surface area contributed by atoms with E-state index in [1.807, 2.05) is 26.8 Å². The summed E-state index contributed by atoms with van der Waals surface area (Å²) in [6.45, 7) is 10.6. The van der Waals surface area contributed by atoms with Crippen molar-refractivity contribution in [2.45, 2.75) is 47.5 Å². The van der Waals surface area contributed by atoms with Crippen LogP contribution in [0, 0.1) is 17.3 Å². The number of carbonyl (C=O) groups excluding carboxylic acids is 1. The molecule has 0 aromatic heterocycles. The lowest BCUT2D eigenvalue weighted by molar-refractivity contribution is -0.154. The molecule has 1 aromatic rings. The van der Waals surface area contributed by atoms with Crippen LogP contribution in [0.2, 0.25) is 0 Å². The summed E-state index contributed by atoms with van der Waals surface area (Å²) in [5, 5.41) is 0. The standard InChI is InChI=1S/C18H28O2/c1-14(2)11-16(12-15-9-7-6-8-10-15)13-20-17(19)18(3,4)5/h6-10,14,16H,11-13H2,1-5H3. The van der Waals surface area contributed by atoms with Gasteiger partial charge in [-0.25, -0.2) is 0 Å². The van der Waals surface area contributed by atoms with Gasteiger partial charge < -0.3 is 4.74 Å². The molecule has 0 bridgehead atoms. The number of esters is 1. The van der Waals surface area contributed by atoms with Crippen LogP contribution in [0.1, 0.15) is 46.6 Å². The number of carbonyl (C=O) groups is 1. The van der Waals surface area contributed by atoms with Gasteiger partial charge in [0, 0.05) is 0 Å². The average Bonchev–Trinajstić information content (AvgIpc) is 2.35. The molecule has 1 unspecified atom stereocenters. The highest BCUT2D eigenvalue weighted by atomic mass is 16.5. The van der Waals surface area contributed by atoms with Gasteiger partial charge in [0.1, 0.15) is 0 Å². The van der Waals surface area contributed by atoms with E-state index in [2.05, 4.69) is 38.1 Å². The molecule has 1 aromatic carbocycles. The summed E-state index contributed by atoms with van der Waals surface area (Å²) < 4.78 is 5.50. The van der Waals surface area contributed by atoms with Gasteiger partial charge in [-0.15, -0.1) is 0 Å². The lowest BCUT2D eigenvalue weighted by Gasteiger charge is -2.22. The maximum Gasteiger partial charge on any atom is 0.311 e. The van der Waals surface area contributed by atoms with Gasteiger partial charge in [-0.3, -0.25) is 4.79 Å². The molecule has 0 fully saturated rings. The Morgan fingerprint density at radius 2 is 1.75 bits per heavy atom. The first-order chi connectivity index (χ1) is 9.29. The van der Waals surface area contributed by atoms with Crippen molar-refractivity contribution in [3.63, 3.8) is 0 Å². The molecule has 0 saturated carbocycles. The molecule has 2 nitrogen and oxygen atoms in total. The zero-order valence-corrected chi connectivity index (χ0v) is 13.5. The van der Waals surface area contributed by atoms with E-state index in [9.17, 15) is 4.79 Å². The van der Waals surface area contributed by atoms with Gasteiger partial charge >= 0.3 is 5.97 Å². The number of benzene rings is 1. The third-order valence-electron chi connectivity index (χ3n) is 3.23. The van der Waals surface area contributed by atoms with Crippen molar-refractivity contribution in [2.24, 2.45) is 17.3 Å². The van der Waals surface area contributed by atoms with Crippen molar-refractivity contribution < 1.29 is 9.53 Å². The Morgan fingerprint density at radius 1 is 1.15 bits per heavy atom. The minimum atomic E-state index is -0.422. The summed E-state index contributed by atoms with van der Waals surface area (Å²) in [4.78, 5) is 11.9. The highest BCUT2D eigenvalue weighted by molar-refractivity contribution is 5.75. The van der Waals surface area contributed by atoms with Crippen molar-refractivity contribution in [3.05, 3.63) is 35.9 Å². The number of hydrogen-bond donors (Lipinski definition) is 0. The van der Waals surface area contributed by atoms with E-state index in [-0.39, 0.29) is 5.97 Å². The number of hydrogen-bond acceptors (Lipinski definition) is 2. The predicted octanol–water partition coefficient (Wildman–Crippen LogP) is 4.48. The second-order valence-corrected chi connectivity index (χ2v) is 7.03. The Kier molecular flexibility index (Phi) is 6.25. The first-order valence-corrected chi connectivity index (χ1v) is 7.50. The first kappa shape index (κ1) is 16.7. The smallest absolute Gasteiger partial charge is 0.311 e. The quantitative estimate of drug-likeness (QED) is 0.716. The predicted molar refractivity (Wildman–Crippen MR) is 83.5 cm³/mol. The summed E-state index contributed by atoms with van der Waals surface area (Å²) in [7, 11) is 0. The third kappa shape index (κ3) is 6.23. The molecule has 0 aliphatic rings. The van der Waals surface area contributed by atoms with Crippen molar-refractivity contribution in [3.8, 4) is 0 Å². The fourth-order valence-corrected chi connectivity index (χ4v) is 2.23. The van der Waals surface area contributed by atoms with E-state index in [1.165, 1.54) is 5.56 Å². The van der Waals surface area contributed by atoms with Crippen LogP contribution >= 0.6 is 0 Å². The summed E-state index contributed by atoms with van der Waals surface area (Å²) in [5.74, 6) is 0.889. The van der Waals surface area contributed by atoms with Gasteiger partial charge in [0.15, 0.2) is 0 Å². The van der Waals surface area contributed by atoms with Crippen LogP contribution in [0.25, 0.3) is 0 Å². The van der Waals surface area contributed by atoms with E-state index < -0.39 is 5.41 Å². The van der Waals surface area contributed by atoms with Crippen molar-refractivity contribution in [1.82, 2.24) is 0 Å². The summed E-state index contributed by atoms with van der Waals surface area (Å²) in [6, 6.07) is 10.4. The van der Waals surface area contributed by atoms with Gasteiger partial charge in [0.2, 0.25) is 0 Å². The van der Waals surface area contributed by atoms with Crippen molar-refractivity contribution in [1.29, 1.82) is 0 Å². The van der Waals surface area contributed by atoms with Crippen molar-refractivity contribution in [2.75, 3.05) is 6.61 Å². The molecule has 0 spiro atoms. The van der Waals surface area contributed by atoms with Crippen LogP contribution in [0.4, 0.5) is 0 Å². The number of ether oxygens (including phenoxy) is 1. The average molecular weight is 276 g/mol. The molecule has 2 heteroatoms. The van der Waals surface area contributed by atoms with E-state index >= 15 is 0 Å². The molecule has 0 heterocycles. The molecule has 1 rings (SSSR count). The fourth-order valence-electron chi connectivity index (χ4n) is 2.23. The molecule has 0 radical (unpaired) electrons. The maximum atomic E-state index is 11.9. The SMILES string of the molecule is CC(C)CC(COC(=O)C(C)(C)C)Cc1ccccc1. The Hall–Kier alpha value is -1.31. The van der Waals surface area contributed by atoms with Crippen LogP contribution in [0.15, 0.2) is 30.3 Å².